The van der Waals surface area contributed by atoms with Gasteiger partial charge < -0.3 is 29.6 Å². The molecular formula is C15H25ClN2O5. The summed E-state index contributed by atoms with van der Waals surface area (Å²) in [4.78, 5) is 11.7. The van der Waals surface area contributed by atoms with Crippen molar-refractivity contribution < 1.29 is 23.7 Å². The first-order chi connectivity index (χ1) is 10.7. The van der Waals surface area contributed by atoms with Crippen molar-refractivity contribution in [3.8, 4) is 17.2 Å². The molecule has 0 heterocycles. The maximum Gasteiger partial charge on any atom is 0.234 e. The van der Waals surface area contributed by atoms with Crippen LogP contribution < -0.4 is 24.8 Å². The second-order valence-corrected chi connectivity index (χ2v) is 4.44. The molecule has 0 bridgehead atoms. The van der Waals surface area contributed by atoms with Crippen LogP contribution in [0.15, 0.2) is 12.1 Å². The molecule has 0 aromatic heterocycles. The number of halogens is 1. The summed E-state index contributed by atoms with van der Waals surface area (Å²) in [7, 11) is 6.27. The fourth-order valence-corrected chi connectivity index (χ4v) is 1.93. The number of hydrogen-bond acceptors (Lipinski definition) is 6. The van der Waals surface area contributed by atoms with Crippen LogP contribution in [0.5, 0.6) is 17.2 Å². The molecule has 0 fully saturated rings. The molecule has 1 rings (SSSR count). The molecule has 0 unspecified atom stereocenters. The third kappa shape index (κ3) is 6.52. The van der Waals surface area contributed by atoms with E-state index in [1.54, 1.807) is 34.5 Å². The van der Waals surface area contributed by atoms with Crippen LogP contribution in [0, 0.1) is 0 Å². The highest BCUT2D eigenvalue weighted by Gasteiger charge is 2.16. The molecule has 0 aliphatic carbocycles. The van der Waals surface area contributed by atoms with E-state index in [4.69, 9.17) is 18.9 Å². The molecule has 1 aromatic carbocycles. The lowest BCUT2D eigenvalue weighted by Crippen LogP contribution is -2.34. The summed E-state index contributed by atoms with van der Waals surface area (Å²) in [6.07, 6.45) is 0. The number of rotatable bonds is 10. The number of hydrogen-bond donors (Lipinski definition) is 2. The van der Waals surface area contributed by atoms with Crippen molar-refractivity contribution in [1.82, 2.24) is 10.6 Å². The van der Waals surface area contributed by atoms with Gasteiger partial charge >= 0.3 is 0 Å². The number of nitrogens with one attached hydrogen (secondary N) is 2. The number of methoxy groups -OCH3 is 4. The predicted molar refractivity (Wildman–Crippen MR) is 89.9 cm³/mol. The van der Waals surface area contributed by atoms with E-state index in [9.17, 15) is 4.79 Å². The van der Waals surface area contributed by atoms with E-state index in [2.05, 4.69) is 10.6 Å². The molecule has 0 atom stereocenters. The van der Waals surface area contributed by atoms with Gasteiger partial charge in [0.1, 0.15) is 0 Å². The van der Waals surface area contributed by atoms with E-state index in [0.717, 1.165) is 5.56 Å². The highest BCUT2D eigenvalue weighted by molar-refractivity contribution is 5.85. The van der Waals surface area contributed by atoms with Crippen molar-refractivity contribution in [3.05, 3.63) is 17.7 Å². The van der Waals surface area contributed by atoms with Gasteiger partial charge in [-0.15, -0.1) is 12.4 Å². The van der Waals surface area contributed by atoms with E-state index in [1.165, 1.54) is 0 Å². The molecule has 8 heteroatoms. The van der Waals surface area contributed by atoms with Gasteiger partial charge in [0, 0.05) is 25.8 Å². The molecular weight excluding hydrogens is 324 g/mol. The summed E-state index contributed by atoms with van der Waals surface area (Å²) in [5.41, 5.74) is 0.811. The van der Waals surface area contributed by atoms with Crippen molar-refractivity contribution in [2.75, 3.05) is 48.1 Å². The molecule has 0 aliphatic heterocycles. The molecule has 0 aliphatic rings. The summed E-state index contributed by atoms with van der Waals surface area (Å²) < 4.78 is 20.8. The number of carbonyl (C=O) groups excluding carboxylic acids is 1. The quantitative estimate of drug-likeness (QED) is 0.614. The van der Waals surface area contributed by atoms with Gasteiger partial charge in [0.05, 0.1) is 34.5 Å². The van der Waals surface area contributed by atoms with Crippen molar-refractivity contribution in [1.29, 1.82) is 0 Å². The highest BCUT2D eigenvalue weighted by Crippen LogP contribution is 2.39. The molecule has 132 valence electrons. The molecule has 1 aromatic rings. The van der Waals surface area contributed by atoms with E-state index in [0.29, 0.717) is 36.9 Å². The Morgan fingerprint density at radius 1 is 1.04 bits per heavy atom. The van der Waals surface area contributed by atoms with Crippen molar-refractivity contribution in [2.24, 2.45) is 0 Å². The first-order valence-corrected chi connectivity index (χ1v) is 6.92. The summed E-state index contributed by atoms with van der Waals surface area (Å²) in [6, 6.07) is 3.61. The Bertz CT molecular complexity index is 485. The van der Waals surface area contributed by atoms with Gasteiger partial charge in [-0.1, -0.05) is 0 Å². The van der Waals surface area contributed by atoms with Gasteiger partial charge in [-0.25, -0.2) is 0 Å². The molecule has 2 N–H and O–H groups in total. The molecule has 0 spiro atoms. The third-order valence-corrected chi connectivity index (χ3v) is 3.03. The normalized spacial score (nSPS) is 9.74. The minimum atomic E-state index is -0.104. The monoisotopic (exact) mass is 348 g/mol. The molecule has 0 radical (unpaired) electrons. The Labute approximate surface area is 143 Å². The van der Waals surface area contributed by atoms with Crippen LogP contribution in [-0.4, -0.2) is 54.0 Å². The fraction of sp³-hybridized carbons (Fsp3) is 0.533. The maximum absolute atomic E-state index is 11.7. The Kier molecular flexibility index (Phi) is 10.9. The number of amides is 1. The Balaban J connectivity index is 0.00000484. The average Bonchev–Trinajstić information content (AvgIpc) is 2.55. The van der Waals surface area contributed by atoms with Crippen LogP contribution in [0.4, 0.5) is 0 Å². The summed E-state index contributed by atoms with van der Waals surface area (Å²) in [5, 5.41) is 5.80. The Morgan fingerprint density at radius 2 is 1.74 bits per heavy atom. The summed E-state index contributed by atoms with van der Waals surface area (Å²) >= 11 is 0. The van der Waals surface area contributed by atoms with E-state index < -0.39 is 0 Å². The van der Waals surface area contributed by atoms with Crippen LogP contribution in [-0.2, 0) is 16.1 Å². The van der Waals surface area contributed by atoms with Crippen LogP contribution in [0.2, 0.25) is 0 Å². The van der Waals surface area contributed by atoms with Gasteiger partial charge in [-0.3, -0.25) is 4.79 Å². The van der Waals surface area contributed by atoms with Crippen molar-refractivity contribution in [2.45, 2.75) is 6.54 Å². The Morgan fingerprint density at radius 3 is 2.30 bits per heavy atom. The zero-order valence-electron chi connectivity index (χ0n) is 13.9. The van der Waals surface area contributed by atoms with Gasteiger partial charge in [0.2, 0.25) is 11.7 Å². The summed E-state index contributed by atoms with van der Waals surface area (Å²) in [6.45, 7) is 1.77. The van der Waals surface area contributed by atoms with Crippen LogP contribution in [0.25, 0.3) is 0 Å². The van der Waals surface area contributed by atoms with Gasteiger partial charge in [-0.2, -0.15) is 0 Å². The van der Waals surface area contributed by atoms with Gasteiger partial charge in [0.15, 0.2) is 11.5 Å². The van der Waals surface area contributed by atoms with Crippen LogP contribution in [0.1, 0.15) is 5.56 Å². The topological polar surface area (TPSA) is 78.1 Å². The first-order valence-electron chi connectivity index (χ1n) is 6.92. The van der Waals surface area contributed by atoms with Gasteiger partial charge in [-0.05, 0) is 12.1 Å². The van der Waals surface area contributed by atoms with Crippen molar-refractivity contribution in [3.63, 3.8) is 0 Å². The lowest BCUT2D eigenvalue weighted by Gasteiger charge is -2.16. The smallest absolute Gasteiger partial charge is 0.234 e. The van der Waals surface area contributed by atoms with Gasteiger partial charge in [0.25, 0.3) is 0 Å². The molecule has 23 heavy (non-hydrogen) atoms. The van der Waals surface area contributed by atoms with Crippen LogP contribution >= 0.6 is 12.4 Å². The van der Waals surface area contributed by atoms with Crippen LogP contribution in [0.3, 0.4) is 0 Å². The standard InChI is InChI=1S/C15H24N2O5.ClH/c1-19-8-7-16-10-13(18)17-9-11-5-6-12(20-2)15(22-4)14(11)21-3;/h5-6,16H,7-10H2,1-4H3,(H,17,18);1H. The number of ether oxygens (including phenoxy) is 4. The second kappa shape index (κ2) is 11.8. The molecule has 0 saturated carbocycles. The van der Waals surface area contributed by atoms with E-state index in [1.807, 2.05) is 6.07 Å². The summed E-state index contributed by atoms with van der Waals surface area (Å²) in [5.74, 6) is 1.54. The predicted octanol–water partition coefficient (Wildman–Crippen LogP) is 0.986. The largest absolute Gasteiger partial charge is 0.493 e. The number of benzene rings is 1. The second-order valence-electron chi connectivity index (χ2n) is 4.44. The van der Waals surface area contributed by atoms with Crippen molar-refractivity contribution >= 4 is 18.3 Å². The Hall–Kier alpha value is -1.70. The van der Waals surface area contributed by atoms with E-state index >= 15 is 0 Å². The SMILES string of the molecule is COCCNCC(=O)NCc1ccc(OC)c(OC)c1OC.Cl. The molecule has 1 amide bonds. The first kappa shape index (κ1) is 21.3. The highest BCUT2D eigenvalue weighted by atomic mass is 35.5. The minimum Gasteiger partial charge on any atom is -0.493 e. The third-order valence-electron chi connectivity index (χ3n) is 3.03. The molecule has 0 saturated heterocycles. The zero-order valence-corrected chi connectivity index (χ0v) is 14.7. The zero-order chi connectivity index (χ0) is 16.4. The minimum absolute atomic E-state index is 0. The number of carbonyl (C=O) groups is 1. The molecule has 7 nitrogen and oxygen atoms in total. The van der Waals surface area contributed by atoms with E-state index in [-0.39, 0.29) is 24.9 Å². The maximum atomic E-state index is 11.7. The lowest BCUT2D eigenvalue weighted by molar-refractivity contribution is -0.120. The lowest BCUT2D eigenvalue weighted by atomic mass is 10.1. The fourth-order valence-electron chi connectivity index (χ4n) is 1.93. The average molecular weight is 349 g/mol.